The van der Waals surface area contributed by atoms with Crippen LogP contribution in [0.5, 0.6) is 0 Å². The third-order valence-electron chi connectivity index (χ3n) is 9.98. The Labute approximate surface area is 265 Å². The molecule has 7 aromatic rings. The van der Waals surface area contributed by atoms with E-state index in [0.717, 1.165) is 0 Å². The van der Waals surface area contributed by atoms with E-state index in [1.807, 2.05) is 0 Å². The zero-order valence-corrected chi connectivity index (χ0v) is 27.3. The van der Waals surface area contributed by atoms with Gasteiger partial charge in [-0.05, 0) is 84.9 Å². The van der Waals surface area contributed by atoms with Crippen LogP contribution in [0.15, 0.2) is 116 Å². The fourth-order valence-corrected chi connectivity index (χ4v) is 7.48. The molecule has 0 radical (unpaired) electrons. The highest BCUT2D eigenvalue weighted by molar-refractivity contribution is 5.45. The van der Waals surface area contributed by atoms with E-state index in [4.69, 9.17) is 0 Å². The molecule has 0 fully saturated rings. The molecule has 0 aliphatic heterocycles. The van der Waals surface area contributed by atoms with Gasteiger partial charge in [-0.1, -0.05) is 0 Å². The van der Waals surface area contributed by atoms with Crippen molar-refractivity contribution in [3.8, 4) is 0 Å². The van der Waals surface area contributed by atoms with Crippen LogP contribution in [0.25, 0.3) is 0 Å². The van der Waals surface area contributed by atoms with Gasteiger partial charge < -0.3 is 32.0 Å². The Hall–Kier alpha value is -5.04. The second-order valence-corrected chi connectivity index (χ2v) is 12.5. The van der Waals surface area contributed by atoms with Crippen molar-refractivity contribution >= 4 is 0 Å². The van der Waals surface area contributed by atoms with E-state index in [9.17, 15) is 0 Å². The van der Waals surface area contributed by atoms with Crippen molar-refractivity contribution in [2.75, 3.05) is 0 Å². The summed E-state index contributed by atoms with van der Waals surface area (Å²) >= 11 is 0. The maximum absolute atomic E-state index is 2.43. The van der Waals surface area contributed by atoms with Crippen molar-refractivity contribution in [3.05, 3.63) is 167 Å². The molecule has 7 aromatic heterocycles. The van der Waals surface area contributed by atoms with Crippen molar-refractivity contribution in [1.82, 2.24) is 32.0 Å². The first kappa shape index (κ1) is 28.7. The highest BCUT2D eigenvalue weighted by Crippen LogP contribution is 2.40. The van der Waals surface area contributed by atoms with E-state index in [1.165, 1.54) is 51.2 Å². The summed E-state index contributed by atoms with van der Waals surface area (Å²) in [6.45, 7) is 0. The molecule has 7 rings (SSSR count). The van der Waals surface area contributed by atoms with Crippen LogP contribution in [0.1, 0.15) is 69.0 Å². The van der Waals surface area contributed by atoms with Crippen LogP contribution in [0.3, 0.4) is 0 Å². The molecule has 0 saturated heterocycles. The van der Waals surface area contributed by atoms with E-state index in [1.54, 1.807) is 0 Å². The number of aryl methyl sites for hydroxylation is 5. The largest absolute Gasteiger partial charge is 0.353 e. The molecule has 7 heterocycles. The number of aromatic nitrogens is 7. The molecule has 0 aliphatic carbocycles. The molecule has 7 nitrogen and oxygen atoms in total. The molecule has 0 unspecified atom stereocenters. The van der Waals surface area contributed by atoms with Crippen LogP contribution in [-0.4, -0.2) is 32.0 Å². The van der Waals surface area contributed by atoms with Gasteiger partial charge in [-0.25, -0.2) is 0 Å². The van der Waals surface area contributed by atoms with Gasteiger partial charge in [0.25, 0.3) is 0 Å². The third kappa shape index (κ3) is 4.65. The highest BCUT2D eigenvalue weighted by Gasteiger charge is 2.32. The first-order valence-corrected chi connectivity index (χ1v) is 15.6. The SMILES string of the molecule is Cn1cccc1C(c1cccn1C)c1ccc(C(c2cccn2C)c2ccc(C(c3cccn3C)c3cccn3C)n2C)n1C. The van der Waals surface area contributed by atoms with Crippen LogP contribution < -0.4 is 0 Å². The first-order valence-electron chi connectivity index (χ1n) is 15.6. The molecule has 0 amide bonds. The Morgan fingerprint density at radius 1 is 0.289 bits per heavy atom. The molecule has 0 aliphatic rings. The lowest BCUT2D eigenvalue weighted by Crippen LogP contribution is -2.20. The minimum absolute atomic E-state index is 0.0347. The Balaban J connectivity index is 1.40. The maximum Gasteiger partial charge on any atom is 0.0797 e. The average molecular weight is 598 g/mol. The fourth-order valence-electron chi connectivity index (χ4n) is 7.48. The van der Waals surface area contributed by atoms with Gasteiger partial charge in [0.05, 0.1) is 17.8 Å². The summed E-state index contributed by atoms with van der Waals surface area (Å²) in [5, 5.41) is 0. The minimum Gasteiger partial charge on any atom is -0.353 e. The summed E-state index contributed by atoms with van der Waals surface area (Å²) < 4.78 is 16.1. The molecule has 0 spiro atoms. The standard InChI is InChI=1S/C38H43N7/c1-39-22-8-13-27(39)36(28-14-9-23-40(28)2)32-18-20-34(44(32)6)38(31-17-12-26-43(31)5)35-21-19-33(45(35)7)37(29-15-10-24-41(29)3)30-16-11-25-42(30)4/h8-26,36-38H,1-7H3. The van der Waals surface area contributed by atoms with E-state index in [-0.39, 0.29) is 17.8 Å². The quantitative estimate of drug-likeness (QED) is 0.180. The van der Waals surface area contributed by atoms with Crippen molar-refractivity contribution in [2.24, 2.45) is 49.3 Å². The summed E-state index contributed by atoms with van der Waals surface area (Å²) in [5.41, 5.74) is 11.4. The Morgan fingerprint density at radius 2 is 0.489 bits per heavy atom. The van der Waals surface area contributed by atoms with Crippen LogP contribution in [0, 0.1) is 0 Å². The predicted molar refractivity (Wildman–Crippen MR) is 181 cm³/mol. The molecule has 0 aromatic carbocycles. The number of hydrogen-bond acceptors (Lipinski definition) is 0. The van der Waals surface area contributed by atoms with Gasteiger partial charge in [-0.2, -0.15) is 0 Å². The van der Waals surface area contributed by atoms with Crippen molar-refractivity contribution < 1.29 is 0 Å². The zero-order valence-electron chi connectivity index (χ0n) is 27.3. The second kappa shape index (κ2) is 11.1. The second-order valence-electron chi connectivity index (χ2n) is 12.5. The van der Waals surface area contributed by atoms with E-state index < -0.39 is 0 Å². The summed E-state index contributed by atoms with van der Waals surface area (Å²) in [4.78, 5) is 0. The molecule has 0 bridgehead atoms. The predicted octanol–water partition coefficient (Wildman–Crippen LogP) is 6.60. The zero-order chi connectivity index (χ0) is 31.4. The van der Waals surface area contributed by atoms with Gasteiger partial charge in [-0.3, -0.25) is 0 Å². The molecule has 230 valence electrons. The maximum atomic E-state index is 2.43. The van der Waals surface area contributed by atoms with Crippen LogP contribution in [0.2, 0.25) is 0 Å². The van der Waals surface area contributed by atoms with Gasteiger partial charge in [0.2, 0.25) is 0 Å². The van der Waals surface area contributed by atoms with Crippen molar-refractivity contribution in [2.45, 2.75) is 17.8 Å². The number of rotatable bonds is 9. The topological polar surface area (TPSA) is 34.5 Å². The smallest absolute Gasteiger partial charge is 0.0797 e. The average Bonchev–Trinajstić information content (AvgIpc) is 3.87. The molecule has 7 heteroatoms. The van der Waals surface area contributed by atoms with Gasteiger partial charge >= 0.3 is 0 Å². The van der Waals surface area contributed by atoms with Gasteiger partial charge in [0.15, 0.2) is 0 Å². The van der Waals surface area contributed by atoms with Crippen LogP contribution in [0.4, 0.5) is 0 Å². The van der Waals surface area contributed by atoms with Gasteiger partial charge in [0, 0.05) is 132 Å². The van der Waals surface area contributed by atoms with Crippen LogP contribution >= 0.6 is 0 Å². The molecular formula is C38H43N7. The minimum atomic E-state index is 0.0347. The number of nitrogens with zero attached hydrogens (tertiary/aromatic N) is 7. The van der Waals surface area contributed by atoms with Gasteiger partial charge in [0.1, 0.15) is 0 Å². The lowest BCUT2D eigenvalue weighted by molar-refractivity contribution is 0.636. The molecule has 0 N–H and O–H groups in total. The monoisotopic (exact) mass is 597 g/mol. The Kier molecular flexibility index (Phi) is 7.11. The molecule has 0 atom stereocenters. The normalized spacial score (nSPS) is 12.0. The molecular weight excluding hydrogens is 554 g/mol. The van der Waals surface area contributed by atoms with Crippen molar-refractivity contribution in [1.29, 1.82) is 0 Å². The summed E-state index contributed by atoms with van der Waals surface area (Å²) in [7, 11) is 15.2. The number of hydrogen-bond donors (Lipinski definition) is 0. The highest BCUT2D eigenvalue weighted by atomic mass is 15.1. The summed E-state index contributed by atoms with van der Waals surface area (Å²) in [5.74, 6) is 0.231. The fraction of sp³-hybridized carbons (Fsp3) is 0.263. The van der Waals surface area contributed by atoms with E-state index in [2.05, 4.69) is 197 Å². The Bertz CT molecular complexity index is 1870. The van der Waals surface area contributed by atoms with E-state index >= 15 is 0 Å². The summed E-state index contributed by atoms with van der Waals surface area (Å²) in [6.07, 6.45) is 10.7. The lowest BCUT2D eigenvalue weighted by atomic mass is 9.96. The van der Waals surface area contributed by atoms with E-state index in [0.29, 0.717) is 0 Å². The van der Waals surface area contributed by atoms with Gasteiger partial charge in [-0.15, -0.1) is 0 Å². The summed E-state index contributed by atoms with van der Waals surface area (Å²) in [6, 6.07) is 31.3. The molecule has 45 heavy (non-hydrogen) atoms. The molecule has 0 saturated carbocycles. The first-order chi connectivity index (χ1) is 21.8. The third-order valence-corrected chi connectivity index (χ3v) is 9.98. The Morgan fingerprint density at radius 3 is 0.667 bits per heavy atom. The van der Waals surface area contributed by atoms with Crippen LogP contribution in [-0.2, 0) is 49.3 Å². The van der Waals surface area contributed by atoms with Crippen molar-refractivity contribution in [3.63, 3.8) is 0 Å². The lowest BCUT2D eigenvalue weighted by Gasteiger charge is -2.26.